The van der Waals surface area contributed by atoms with Crippen LogP contribution >= 0.6 is 0 Å². The number of anilines is 1. The highest BCUT2D eigenvalue weighted by Crippen LogP contribution is 2.11. The van der Waals surface area contributed by atoms with Gasteiger partial charge >= 0.3 is 0 Å². The van der Waals surface area contributed by atoms with E-state index < -0.39 is 5.82 Å². The third-order valence-corrected chi connectivity index (χ3v) is 3.27. The lowest BCUT2D eigenvalue weighted by molar-refractivity contribution is 0.243. The van der Waals surface area contributed by atoms with Crippen LogP contribution in [-0.2, 0) is 6.54 Å². The molecular weight excluding hydrogens is 261 g/mol. The third kappa shape index (κ3) is 2.90. The van der Waals surface area contributed by atoms with Crippen molar-refractivity contribution >= 4 is 5.95 Å². The number of nitrogens with one attached hydrogen (secondary N) is 1. The molecular formula is C12H16FN7. The second kappa shape index (κ2) is 5.49. The van der Waals surface area contributed by atoms with Gasteiger partial charge in [0, 0.05) is 26.2 Å². The van der Waals surface area contributed by atoms with E-state index in [2.05, 4.69) is 34.9 Å². The highest BCUT2D eigenvalue weighted by atomic mass is 19.1. The number of piperazine rings is 1. The quantitative estimate of drug-likeness (QED) is 0.873. The van der Waals surface area contributed by atoms with E-state index in [1.807, 2.05) is 6.92 Å². The Balaban J connectivity index is 1.55. The normalized spacial score (nSPS) is 16.6. The Kier molecular flexibility index (Phi) is 3.55. The van der Waals surface area contributed by atoms with Crippen molar-refractivity contribution in [3.8, 4) is 0 Å². The fourth-order valence-corrected chi connectivity index (χ4v) is 2.23. The van der Waals surface area contributed by atoms with Crippen LogP contribution in [0.4, 0.5) is 10.3 Å². The molecule has 0 amide bonds. The Morgan fingerprint density at radius 1 is 1.20 bits per heavy atom. The SMILES string of the molecule is Cc1nc(CN2CCN(c3ncc(F)cn3)CC2)n[nH]1. The summed E-state index contributed by atoms with van der Waals surface area (Å²) in [5.41, 5.74) is 0. The molecule has 106 valence electrons. The standard InChI is InChI=1S/C12H16FN7/c1-9-16-11(18-17-9)8-19-2-4-20(5-3-19)12-14-6-10(13)7-15-12/h6-7H,2-5,8H2,1H3,(H,16,17,18). The van der Waals surface area contributed by atoms with E-state index in [1.165, 1.54) is 12.4 Å². The predicted octanol–water partition coefficient (Wildman–Crippen LogP) is 0.364. The van der Waals surface area contributed by atoms with Crippen molar-refractivity contribution in [2.75, 3.05) is 31.1 Å². The van der Waals surface area contributed by atoms with E-state index in [0.29, 0.717) is 5.95 Å². The molecule has 0 atom stereocenters. The smallest absolute Gasteiger partial charge is 0.225 e. The molecule has 1 saturated heterocycles. The van der Waals surface area contributed by atoms with Crippen molar-refractivity contribution in [1.82, 2.24) is 30.0 Å². The highest BCUT2D eigenvalue weighted by molar-refractivity contribution is 5.29. The summed E-state index contributed by atoms with van der Waals surface area (Å²) in [5, 5.41) is 6.98. The molecule has 0 unspecified atom stereocenters. The van der Waals surface area contributed by atoms with Crippen LogP contribution in [0, 0.1) is 12.7 Å². The van der Waals surface area contributed by atoms with Crippen molar-refractivity contribution < 1.29 is 4.39 Å². The zero-order valence-corrected chi connectivity index (χ0v) is 11.3. The molecule has 2 aromatic heterocycles. The van der Waals surface area contributed by atoms with E-state index in [1.54, 1.807) is 0 Å². The number of H-pyrrole nitrogens is 1. The molecule has 7 nitrogen and oxygen atoms in total. The molecule has 3 heterocycles. The Morgan fingerprint density at radius 2 is 1.90 bits per heavy atom. The number of hydrogen-bond acceptors (Lipinski definition) is 6. The number of aromatic nitrogens is 5. The number of hydrogen-bond donors (Lipinski definition) is 1. The van der Waals surface area contributed by atoms with Crippen LogP contribution in [0.2, 0.25) is 0 Å². The van der Waals surface area contributed by atoms with Gasteiger partial charge in [-0.25, -0.2) is 19.3 Å². The fourth-order valence-electron chi connectivity index (χ4n) is 2.23. The lowest BCUT2D eigenvalue weighted by Gasteiger charge is -2.33. The highest BCUT2D eigenvalue weighted by Gasteiger charge is 2.19. The number of halogens is 1. The molecule has 0 bridgehead atoms. The summed E-state index contributed by atoms with van der Waals surface area (Å²) in [6.07, 6.45) is 2.40. The van der Waals surface area contributed by atoms with Gasteiger partial charge in [-0.3, -0.25) is 10.00 Å². The van der Waals surface area contributed by atoms with Gasteiger partial charge in [-0.15, -0.1) is 0 Å². The molecule has 0 saturated carbocycles. The monoisotopic (exact) mass is 277 g/mol. The predicted molar refractivity (Wildman–Crippen MR) is 70.6 cm³/mol. The number of aryl methyl sites for hydroxylation is 1. The molecule has 1 N–H and O–H groups in total. The van der Waals surface area contributed by atoms with Gasteiger partial charge in [-0.2, -0.15) is 5.10 Å². The first-order chi connectivity index (χ1) is 9.70. The number of nitrogens with zero attached hydrogens (tertiary/aromatic N) is 6. The average molecular weight is 277 g/mol. The minimum absolute atomic E-state index is 0.410. The van der Waals surface area contributed by atoms with Crippen molar-refractivity contribution in [2.45, 2.75) is 13.5 Å². The molecule has 8 heteroatoms. The lowest BCUT2D eigenvalue weighted by atomic mass is 10.3. The second-order valence-corrected chi connectivity index (χ2v) is 4.80. The van der Waals surface area contributed by atoms with Gasteiger partial charge in [0.1, 0.15) is 5.82 Å². The van der Waals surface area contributed by atoms with Gasteiger partial charge in [-0.05, 0) is 6.92 Å². The molecule has 0 spiro atoms. The van der Waals surface area contributed by atoms with Crippen LogP contribution < -0.4 is 4.90 Å². The maximum atomic E-state index is 12.8. The zero-order chi connectivity index (χ0) is 13.9. The minimum Gasteiger partial charge on any atom is -0.338 e. The minimum atomic E-state index is -0.410. The third-order valence-electron chi connectivity index (χ3n) is 3.27. The van der Waals surface area contributed by atoms with E-state index in [4.69, 9.17) is 0 Å². The number of aromatic amines is 1. The molecule has 1 aliphatic heterocycles. The van der Waals surface area contributed by atoms with Gasteiger partial charge in [0.25, 0.3) is 0 Å². The van der Waals surface area contributed by atoms with Gasteiger partial charge in [0.15, 0.2) is 11.6 Å². The zero-order valence-electron chi connectivity index (χ0n) is 11.3. The molecule has 3 rings (SSSR count). The maximum Gasteiger partial charge on any atom is 0.225 e. The summed E-state index contributed by atoms with van der Waals surface area (Å²) < 4.78 is 12.8. The lowest BCUT2D eigenvalue weighted by Crippen LogP contribution is -2.46. The van der Waals surface area contributed by atoms with Gasteiger partial charge < -0.3 is 4.90 Å². The van der Waals surface area contributed by atoms with Crippen LogP contribution in [0.5, 0.6) is 0 Å². The molecule has 1 fully saturated rings. The molecule has 0 aromatic carbocycles. The van der Waals surface area contributed by atoms with Crippen LogP contribution in [0.25, 0.3) is 0 Å². The van der Waals surface area contributed by atoms with Crippen molar-refractivity contribution in [3.05, 3.63) is 29.9 Å². The first-order valence-corrected chi connectivity index (χ1v) is 6.53. The molecule has 0 aliphatic carbocycles. The largest absolute Gasteiger partial charge is 0.338 e. The van der Waals surface area contributed by atoms with Crippen LogP contribution in [0.1, 0.15) is 11.6 Å². The first kappa shape index (κ1) is 12.9. The van der Waals surface area contributed by atoms with E-state index in [0.717, 1.165) is 44.4 Å². The van der Waals surface area contributed by atoms with E-state index in [9.17, 15) is 4.39 Å². The topological polar surface area (TPSA) is 73.8 Å². The summed E-state index contributed by atoms with van der Waals surface area (Å²) >= 11 is 0. The van der Waals surface area contributed by atoms with Crippen molar-refractivity contribution in [3.63, 3.8) is 0 Å². The van der Waals surface area contributed by atoms with E-state index in [-0.39, 0.29) is 0 Å². The van der Waals surface area contributed by atoms with E-state index >= 15 is 0 Å². The Hall–Kier alpha value is -2.09. The Labute approximate surface area is 115 Å². The van der Waals surface area contributed by atoms with Crippen LogP contribution in [-0.4, -0.2) is 56.2 Å². The van der Waals surface area contributed by atoms with Crippen LogP contribution in [0.15, 0.2) is 12.4 Å². The summed E-state index contributed by atoms with van der Waals surface area (Å²) in [4.78, 5) is 16.7. The number of rotatable bonds is 3. The van der Waals surface area contributed by atoms with Crippen molar-refractivity contribution in [1.29, 1.82) is 0 Å². The molecule has 20 heavy (non-hydrogen) atoms. The van der Waals surface area contributed by atoms with Gasteiger partial charge in [0.2, 0.25) is 5.95 Å². The van der Waals surface area contributed by atoms with Crippen molar-refractivity contribution in [2.24, 2.45) is 0 Å². The summed E-state index contributed by atoms with van der Waals surface area (Å²) in [6, 6.07) is 0. The first-order valence-electron chi connectivity index (χ1n) is 6.53. The van der Waals surface area contributed by atoms with Gasteiger partial charge in [-0.1, -0.05) is 0 Å². The summed E-state index contributed by atoms with van der Waals surface area (Å²) in [7, 11) is 0. The Bertz CT molecular complexity index is 559. The molecule has 0 radical (unpaired) electrons. The van der Waals surface area contributed by atoms with Gasteiger partial charge in [0.05, 0.1) is 18.9 Å². The fraction of sp³-hybridized carbons (Fsp3) is 0.500. The van der Waals surface area contributed by atoms with Crippen LogP contribution in [0.3, 0.4) is 0 Å². The Morgan fingerprint density at radius 3 is 2.50 bits per heavy atom. The average Bonchev–Trinajstić information content (AvgIpc) is 2.86. The second-order valence-electron chi connectivity index (χ2n) is 4.80. The maximum absolute atomic E-state index is 12.8. The summed E-state index contributed by atoms with van der Waals surface area (Å²) in [5.74, 6) is 1.82. The summed E-state index contributed by atoms with van der Waals surface area (Å²) in [6.45, 7) is 6.02. The molecule has 2 aromatic rings. The molecule has 1 aliphatic rings.